The number of hydrogen-bond acceptors (Lipinski definition) is 2. The molecule has 1 aliphatic rings. The van der Waals surface area contributed by atoms with Crippen LogP contribution in [0.25, 0.3) is 6.08 Å². The fourth-order valence-corrected chi connectivity index (χ4v) is 1.98. The molecule has 1 aliphatic heterocycles. The first-order chi connectivity index (χ1) is 7.75. The first kappa shape index (κ1) is 10.7. The van der Waals surface area contributed by atoms with Crippen molar-refractivity contribution in [2.24, 2.45) is 5.73 Å². The van der Waals surface area contributed by atoms with Crippen molar-refractivity contribution in [1.82, 2.24) is 0 Å². The van der Waals surface area contributed by atoms with Crippen LogP contribution >= 0.6 is 0 Å². The number of nitrogens with zero attached hydrogens (tertiary/aromatic N) is 1. The molecule has 3 nitrogen and oxygen atoms in total. The van der Waals surface area contributed by atoms with Gasteiger partial charge in [0.15, 0.2) is 0 Å². The molecule has 1 aromatic rings. The van der Waals surface area contributed by atoms with Crippen molar-refractivity contribution < 1.29 is 4.79 Å². The molecule has 1 amide bonds. The lowest BCUT2D eigenvalue weighted by Gasteiger charge is -2.17. The van der Waals surface area contributed by atoms with Crippen LogP contribution in [0.2, 0.25) is 0 Å². The van der Waals surface area contributed by atoms with Crippen molar-refractivity contribution in [3.63, 3.8) is 0 Å². The molecule has 2 N–H and O–H groups in total. The van der Waals surface area contributed by atoms with Gasteiger partial charge in [0.25, 0.3) is 0 Å². The molecule has 0 atom stereocenters. The van der Waals surface area contributed by atoms with E-state index in [0.717, 1.165) is 18.7 Å². The molecule has 0 saturated carbocycles. The number of hydrogen-bond donors (Lipinski definition) is 1. The highest BCUT2D eigenvalue weighted by Gasteiger charge is 2.11. The van der Waals surface area contributed by atoms with E-state index in [-0.39, 0.29) is 0 Å². The topological polar surface area (TPSA) is 46.3 Å². The summed E-state index contributed by atoms with van der Waals surface area (Å²) in [6, 6.07) is 8.17. The van der Waals surface area contributed by atoms with Crippen molar-refractivity contribution in [2.75, 3.05) is 18.0 Å². The Morgan fingerprint density at radius 2 is 2.06 bits per heavy atom. The molecule has 2 rings (SSSR count). The van der Waals surface area contributed by atoms with E-state index in [4.69, 9.17) is 5.73 Å². The highest BCUT2D eigenvalue weighted by molar-refractivity contribution is 5.90. The average molecular weight is 216 g/mol. The maximum atomic E-state index is 10.6. The van der Waals surface area contributed by atoms with Crippen LogP contribution in [0.1, 0.15) is 18.4 Å². The molecule has 1 aromatic carbocycles. The fraction of sp³-hybridized carbons (Fsp3) is 0.308. The van der Waals surface area contributed by atoms with E-state index in [0.29, 0.717) is 0 Å². The predicted octanol–water partition coefficient (Wildman–Crippen LogP) is 1.79. The van der Waals surface area contributed by atoms with Gasteiger partial charge in [-0.05, 0) is 36.6 Å². The Morgan fingerprint density at radius 3 is 2.75 bits per heavy atom. The van der Waals surface area contributed by atoms with Crippen molar-refractivity contribution in [1.29, 1.82) is 0 Å². The number of benzene rings is 1. The monoisotopic (exact) mass is 216 g/mol. The molecule has 0 aromatic heterocycles. The second kappa shape index (κ2) is 4.84. The van der Waals surface area contributed by atoms with Crippen molar-refractivity contribution in [2.45, 2.75) is 12.8 Å². The summed E-state index contributed by atoms with van der Waals surface area (Å²) in [4.78, 5) is 13.0. The zero-order valence-corrected chi connectivity index (χ0v) is 9.23. The van der Waals surface area contributed by atoms with Crippen molar-refractivity contribution in [3.8, 4) is 0 Å². The smallest absolute Gasteiger partial charge is 0.241 e. The predicted molar refractivity (Wildman–Crippen MR) is 66.1 cm³/mol. The van der Waals surface area contributed by atoms with Gasteiger partial charge in [0.2, 0.25) is 5.91 Å². The first-order valence-electron chi connectivity index (χ1n) is 5.58. The molecule has 0 unspecified atom stereocenters. The van der Waals surface area contributed by atoms with Gasteiger partial charge in [-0.25, -0.2) is 0 Å². The van der Waals surface area contributed by atoms with E-state index >= 15 is 0 Å². The zero-order chi connectivity index (χ0) is 11.4. The van der Waals surface area contributed by atoms with Gasteiger partial charge < -0.3 is 10.6 Å². The normalized spacial score (nSPS) is 15.9. The Labute approximate surface area is 95.6 Å². The summed E-state index contributed by atoms with van der Waals surface area (Å²) >= 11 is 0. The van der Waals surface area contributed by atoms with Gasteiger partial charge in [-0.1, -0.05) is 12.1 Å². The quantitative estimate of drug-likeness (QED) is 0.783. The Morgan fingerprint density at radius 1 is 1.31 bits per heavy atom. The molecule has 0 aliphatic carbocycles. The fourth-order valence-electron chi connectivity index (χ4n) is 1.98. The molecule has 84 valence electrons. The highest BCUT2D eigenvalue weighted by atomic mass is 16.1. The Kier molecular flexibility index (Phi) is 3.25. The highest BCUT2D eigenvalue weighted by Crippen LogP contribution is 2.21. The number of nitrogens with two attached hydrogens (primary N) is 1. The molecule has 0 bridgehead atoms. The zero-order valence-electron chi connectivity index (χ0n) is 9.23. The third-order valence-corrected chi connectivity index (χ3v) is 2.78. The largest absolute Gasteiger partial charge is 0.372 e. The van der Waals surface area contributed by atoms with E-state index in [1.165, 1.54) is 24.6 Å². The van der Waals surface area contributed by atoms with Gasteiger partial charge in [0, 0.05) is 24.9 Å². The van der Waals surface area contributed by atoms with Gasteiger partial charge in [0.05, 0.1) is 0 Å². The van der Waals surface area contributed by atoms with Crippen LogP contribution in [0, 0.1) is 0 Å². The maximum absolute atomic E-state index is 10.6. The summed E-state index contributed by atoms with van der Waals surface area (Å²) in [5, 5.41) is 0. The number of primary amides is 1. The molecular formula is C13H16N2O. The Hall–Kier alpha value is -1.77. The summed E-state index contributed by atoms with van der Waals surface area (Å²) in [6.07, 6.45) is 5.67. The standard InChI is InChI=1S/C13H16N2O/c14-13(16)7-6-11-4-3-5-12(10-11)15-8-1-2-9-15/h3-7,10H,1-2,8-9H2,(H2,14,16). The maximum Gasteiger partial charge on any atom is 0.241 e. The number of amides is 1. The summed E-state index contributed by atoms with van der Waals surface area (Å²) in [5.74, 6) is -0.411. The lowest BCUT2D eigenvalue weighted by molar-refractivity contribution is -0.113. The van der Waals surface area contributed by atoms with E-state index in [1.54, 1.807) is 6.08 Å². The van der Waals surface area contributed by atoms with Crippen LogP contribution in [0.3, 0.4) is 0 Å². The Balaban J connectivity index is 2.15. The van der Waals surface area contributed by atoms with Crippen molar-refractivity contribution in [3.05, 3.63) is 35.9 Å². The lowest BCUT2D eigenvalue weighted by atomic mass is 10.1. The SMILES string of the molecule is NC(=O)C=Cc1cccc(N2CCCC2)c1. The summed E-state index contributed by atoms with van der Waals surface area (Å²) in [6.45, 7) is 2.26. The molecule has 16 heavy (non-hydrogen) atoms. The molecule has 1 saturated heterocycles. The van der Waals surface area contributed by atoms with Gasteiger partial charge in [-0.2, -0.15) is 0 Å². The van der Waals surface area contributed by atoms with Gasteiger partial charge >= 0.3 is 0 Å². The second-order valence-corrected chi connectivity index (χ2v) is 4.02. The third kappa shape index (κ3) is 2.63. The lowest BCUT2D eigenvalue weighted by Crippen LogP contribution is -2.17. The van der Waals surface area contributed by atoms with Crippen molar-refractivity contribution >= 4 is 17.7 Å². The number of carbonyl (C=O) groups excluding carboxylic acids is 1. The van der Waals surface area contributed by atoms with Crippen LogP contribution in [0.5, 0.6) is 0 Å². The molecule has 0 spiro atoms. The summed E-state index contributed by atoms with van der Waals surface area (Å²) in [7, 11) is 0. The Bertz CT molecular complexity index is 406. The minimum absolute atomic E-state index is 0.411. The van der Waals surface area contributed by atoms with Crippen LogP contribution in [0.4, 0.5) is 5.69 Å². The number of rotatable bonds is 3. The third-order valence-electron chi connectivity index (χ3n) is 2.78. The van der Waals surface area contributed by atoms with E-state index in [2.05, 4.69) is 17.0 Å². The summed E-state index contributed by atoms with van der Waals surface area (Å²) in [5.41, 5.74) is 7.31. The average Bonchev–Trinajstić information content (AvgIpc) is 2.80. The van der Waals surface area contributed by atoms with Gasteiger partial charge in [-0.3, -0.25) is 4.79 Å². The molecular weight excluding hydrogens is 200 g/mol. The van der Waals surface area contributed by atoms with E-state index in [9.17, 15) is 4.79 Å². The summed E-state index contributed by atoms with van der Waals surface area (Å²) < 4.78 is 0. The van der Waals surface area contributed by atoms with Crippen LogP contribution < -0.4 is 10.6 Å². The van der Waals surface area contributed by atoms with Gasteiger partial charge in [-0.15, -0.1) is 0 Å². The number of anilines is 1. The second-order valence-electron chi connectivity index (χ2n) is 4.02. The first-order valence-corrected chi connectivity index (χ1v) is 5.58. The van der Waals surface area contributed by atoms with Crippen LogP contribution in [-0.2, 0) is 4.79 Å². The molecule has 3 heteroatoms. The van der Waals surface area contributed by atoms with E-state index < -0.39 is 5.91 Å². The minimum Gasteiger partial charge on any atom is -0.372 e. The molecule has 0 radical (unpaired) electrons. The van der Waals surface area contributed by atoms with Gasteiger partial charge in [0.1, 0.15) is 0 Å². The molecule has 1 heterocycles. The minimum atomic E-state index is -0.411. The van der Waals surface area contributed by atoms with E-state index in [1.807, 2.05) is 12.1 Å². The van der Waals surface area contributed by atoms with Crippen LogP contribution in [-0.4, -0.2) is 19.0 Å². The van der Waals surface area contributed by atoms with Crippen LogP contribution in [0.15, 0.2) is 30.3 Å². The molecule has 1 fully saturated rings. The number of carbonyl (C=O) groups is 1.